The maximum Gasteiger partial charge on any atom is 0.301 e. The van der Waals surface area contributed by atoms with E-state index < -0.39 is 38.3 Å². The number of nitrogens with zero attached hydrogens (tertiary/aromatic N) is 3. The zero-order valence-corrected chi connectivity index (χ0v) is 24.5. The molecule has 3 aromatic carbocycles. The van der Waals surface area contributed by atoms with Crippen molar-refractivity contribution >= 4 is 49.4 Å². The van der Waals surface area contributed by atoms with Crippen LogP contribution in [0.15, 0.2) is 87.6 Å². The fourth-order valence-corrected chi connectivity index (χ4v) is 7.13. The smallest absolute Gasteiger partial charge is 0.301 e. The number of hydrogen-bond donors (Lipinski definition) is 1. The molecule has 0 bridgehead atoms. The third kappa shape index (κ3) is 5.21. The van der Waals surface area contributed by atoms with Crippen molar-refractivity contribution in [3.05, 3.63) is 105 Å². The first-order valence-corrected chi connectivity index (χ1v) is 14.8. The molecule has 12 nitrogen and oxygen atoms in total. The van der Waals surface area contributed by atoms with Crippen LogP contribution in [0, 0.1) is 17.0 Å². The van der Waals surface area contributed by atoms with Crippen molar-refractivity contribution in [3.8, 4) is 11.5 Å². The Balaban J connectivity index is 1.65. The van der Waals surface area contributed by atoms with E-state index >= 15 is 0 Å². The van der Waals surface area contributed by atoms with E-state index in [-0.39, 0.29) is 25.5 Å². The summed E-state index contributed by atoms with van der Waals surface area (Å²) in [5, 5.41) is 22.2. The summed E-state index contributed by atoms with van der Waals surface area (Å²) in [5.74, 6) is -1.76. The van der Waals surface area contributed by atoms with Gasteiger partial charge in [0.1, 0.15) is 9.97 Å². The summed E-state index contributed by atoms with van der Waals surface area (Å²) in [6.07, 6.45) is 1.04. The standard InChI is InChI=1S/C29H23N3O9S2/c1-16-4-6-17(7-5-16)26(33)24-25(18-8-13-21(40-2)22(14-18)41-3)31(28(35)27(24)34)29-30-15-23(42-29)43(38,39)20-11-9-19(10-12-20)32(36)37/h4-15,25,33H,1-3H3/t25-/m0/s1. The highest BCUT2D eigenvalue weighted by Gasteiger charge is 2.48. The molecule has 1 aromatic heterocycles. The lowest BCUT2D eigenvalue weighted by atomic mass is 9.95. The molecule has 1 aliphatic heterocycles. The number of hydrogen-bond acceptors (Lipinski definition) is 11. The number of aryl methyl sites for hydroxylation is 1. The van der Waals surface area contributed by atoms with Gasteiger partial charge < -0.3 is 14.6 Å². The zero-order valence-electron chi connectivity index (χ0n) is 22.9. The van der Waals surface area contributed by atoms with E-state index in [1.807, 2.05) is 6.92 Å². The maximum absolute atomic E-state index is 13.5. The average molecular weight is 622 g/mol. The molecule has 43 heavy (non-hydrogen) atoms. The summed E-state index contributed by atoms with van der Waals surface area (Å²) < 4.78 is 37.1. The van der Waals surface area contributed by atoms with Crippen LogP contribution in [0.3, 0.4) is 0 Å². The summed E-state index contributed by atoms with van der Waals surface area (Å²) in [6.45, 7) is 1.86. The fraction of sp³-hybridized carbons (Fsp3) is 0.138. The van der Waals surface area contributed by atoms with Crippen molar-refractivity contribution in [1.29, 1.82) is 0 Å². The Morgan fingerprint density at radius 1 is 1.00 bits per heavy atom. The Morgan fingerprint density at radius 3 is 2.26 bits per heavy atom. The summed E-state index contributed by atoms with van der Waals surface area (Å²) in [6, 6.07) is 14.6. The van der Waals surface area contributed by atoms with Crippen molar-refractivity contribution in [1.82, 2.24) is 4.98 Å². The number of non-ortho nitro benzene ring substituents is 1. The number of sulfone groups is 1. The second kappa shape index (κ2) is 11.3. The molecule has 1 fully saturated rings. The van der Waals surface area contributed by atoms with Gasteiger partial charge in [-0.3, -0.25) is 24.6 Å². The Hall–Kier alpha value is -5.08. The minimum absolute atomic E-state index is 0.120. The topological polar surface area (TPSA) is 166 Å². The zero-order chi connectivity index (χ0) is 31.1. The first-order valence-electron chi connectivity index (χ1n) is 12.5. The van der Waals surface area contributed by atoms with Crippen LogP contribution in [0.2, 0.25) is 0 Å². The number of ketones is 1. The van der Waals surface area contributed by atoms with Crippen molar-refractivity contribution < 1.29 is 37.5 Å². The van der Waals surface area contributed by atoms with E-state index in [0.717, 1.165) is 40.9 Å². The molecule has 1 amide bonds. The van der Waals surface area contributed by atoms with Gasteiger partial charge in [-0.1, -0.05) is 47.2 Å². The number of benzene rings is 3. The van der Waals surface area contributed by atoms with Crippen molar-refractivity contribution in [2.75, 3.05) is 19.1 Å². The van der Waals surface area contributed by atoms with Gasteiger partial charge in [0.15, 0.2) is 16.6 Å². The minimum Gasteiger partial charge on any atom is -0.507 e. The van der Waals surface area contributed by atoms with Crippen LogP contribution in [0.1, 0.15) is 22.7 Å². The number of nitro groups is 1. The van der Waals surface area contributed by atoms with E-state index in [9.17, 15) is 33.2 Å². The average Bonchev–Trinajstić information content (AvgIpc) is 3.60. The van der Waals surface area contributed by atoms with Crippen LogP contribution in [0.4, 0.5) is 10.8 Å². The summed E-state index contributed by atoms with van der Waals surface area (Å²) >= 11 is 0.636. The van der Waals surface area contributed by atoms with Gasteiger partial charge in [-0.15, -0.1) is 0 Å². The molecule has 0 spiro atoms. The number of carbonyl (C=O) groups excluding carboxylic acids is 2. The van der Waals surface area contributed by atoms with Crippen LogP contribution in [-0.2, 0) is 19.4 Å². The SMILES string of the molecule is COc1ccc([C@H]2C(=C(O)c3ccc(C)cc3)C(=O)C(=O)N2c2ncc(S(=O)(=O)c3ccc([N+](=O)[O-])cc3)s2)cc1OC. The lowest BCUT2D eigenvalue weighted by Crippen LogP contribution is -2.29. The molecule has 1 N–H and O–H groups in total. The number of thiazole rings is 1. The van der Waals surface area contributed by atoms with E-state index in [1.54, 1.807) is 42.5 Å². The number of aliphatic hydroxyl groups excluding tert-OH is 1. The number of methoxy groups -OCH3 is 2. The van der Waals surface area contributed by atoms with Crippen LogP contribution in [0.25, 0.3) is 5.76 Å². The van der Waals surface area contributed by atoms with Gasteiger partial charge in [-0.05, 0) is 36.8 Å². The van der Waals surface area contributed by atoms with Crippen LogP contribution < -0.4 is 14.4 Å². The van der Waals surface area contributed by atoms with E-state index in [2.05, 4.69) is 4.98 Å². The molecule has 5 rings (SSSR count). The highest BCUT2D eigenvalue weighted by molar-refractivity contribution is 7.93. The lowest BCUT2D eigenvalue weighted by molar-refractivity contribution is -0.384. The quantitative estimate of drug-likeness (QED) is 0.0946. The van der Waals surface area contributed by atoms with Crippen molar-refractivity contribution in [2.24, 2.45) is 0 Å². The second-order valence-corrected chi connectivity index (χ2v) is 12.6. The predicted octanol–water partition coefficient (Wildman–Crippen LogP) is 4.84. The van der Waals surface area contributed by atoms with Crippen LogP contribution >= 0.6 is 11.3 Å². The van der Waals surface area contributed by atoms with Crippen molar-refractivity contribution in [3.63, 3.8) is 0 Å². The molecule has 0 aliphatic carbocycles. The molecular formula is C29H23N3O9S2. The predicted molar refractivity (Wildman–Crippen MR) is 156 cm³/mol. The summed E-state index contributed by atoms with van der Waals surface area (Å²) in [5.41, 5.74) is 1.07. The molecule has 0 radical (unpaired) electrons. The molecule has 4 aromatic rings. The normalized spacial score (nSPS) is 16.3. The number of rotatable bonds is 8. The second-order valence-electron chi connectivity index (χ2n) is 9.37. The molecule has 1 atom stereocenters. The van der Waals surface area contributed by atoms with E-state index in [0.29, 0.717) is 34.0 Å². The monoisotopic (exact) mass is 621 g/mol. The number of carbonyl (C=O) groups is 2. The Labute approximate surface area is 249 Å². The van der Waals surface area contributed by atoms with Gasteiger partial charge in [-0.25, -0.2) is 13.4 Å². The highest BCUT2D eigenvalue weighted by Crippen LogP contribution is 2.45. The largest absolute Gasteiger partial charge is 0.507 e. The number of ether oxygens (including phenoxy) is 2. The molecular weight excluding hydrogens is 598 g/mol. The fourth-order valence-electron chi connectivity index (χ4n) is 4.58. The van der Waals surface area contributed by atoms with E-state index in [4.69, 9.17) is 9.47 Å². The minimum atomic E-state index is -4.19. The third-order valence-corrected chi connectivity index (χ3v) is 10.0. The highest BCUT2D eigenvalue weighted by atomic mass is 32.2. The number of aliphatic hydroxyl groups is 1. The Bertz CT molecular complexity index is 1900. The summed E-state index contributed by atoms with van der Waals surface area (Å²) in [7, 11) is -1.32. The van der Waals surface area contributed by atoms with Gasteiger partial charge in [-0.2, -0.15) is 0 Å². The Morgan fingerprint density at radius 2 is 1.65 bits per heavy atom. The number of nitro benzene ring substituents is 1. The van der Waals surface area contributed by atoms with E-state index in [1.165, 1.54) is 14.2 Å². The summed E-state index contributed by atoms with van der Waals surface area (Å²) in [4.78, 5) is 42.3. The molecule has 2 heterocycles. The first-order chi connectivity index (χ1) is 20.5. The molecule has 14 heteroatoms. The van der Waals surface area contributed by atoms with Crippen molar-refractivity contribution in [2.45, 2.75) is 22.1 Å². The number of anilines is 1. The van der Waals surface area contributed by atoms with Crippen LogP contribution in [-0.4, -0.2) is 49.3 Å². The molecule has 0 unspecified atom stereocenters. The molecule has 0 saturated carbocycles. The molecule has 1 saturated heterocycles. The molecule has 1 aliphatic rings. The maximum atomic E-state index is 13.5. The first kappa shape index (κ1) is 29.4. The Kier molecular flexibility index (Phi) is 7.73. The third-order valence-electron chi connectivity index (χ3n) is 6.79. The molecule has 220 valence electrons. The number of Topliss-reactive ketones (excluding diaryl/α,β-unsaturated/α-hetero) is 1. The number of aromatic nitrogens is 1. The van der Waals surface area contributed by atoms with Gasteiger partial charge in [0, 0.05) is 17.7 Å². The lowest BCUT2D eigenvalue weighted by Gasteiger charge is -2.23. The van der Waals surface area contributed by atoms with Gasteiger partial charge in [0.25, 0.3) is 11.5 Å². The van der Waals surface area contributed by atoms with Gasteiger partial charge in [0.05, 0.1) is 41.9 Å². The van der Waals surface area contributed by atoms with Gasteiger partial charge in [0.2, 0.25) is 9.84 Å². The van der Waals surface area contributed by atoms with Crippen LogP contribution in [0.5, 0.6) is 11.5 Å². The van der Waals surface area contributed by atoms with Gasteiger partial charge >= 0.3 is 5.91 Å². The number of amides is 1.